The van der Waals surface area contributed by atoms with Crippen LogP contribution in [0.5, 0.6) is 0 Å². The van der Waals surface area contributed by atoms with Crippen LogP contribution in [0.15, 0.2) is 29.3 Å². The van der Waals surface area contributed by atoms with Crippen LogP contribution >= 0.6 is 23.4 Å². The molecule has 1 aromatic carbocycles. The van der Waals surface area contributed by atoms with Gasteiger partial charge in [-0.2, -0.15) is 5.26 Å². The highest BCUT2D eigenvalue weighted by Crippen LogP contribution is 2.32. The minimum atomic E-state index is -0.0428. The number of hydrogen-bond acceptors (Lipinski definition) is 4. The largest absolute Gasteiger partial charge is 0.353 e. The van der Waals surface area contributed by atoms with E-state index in [1.54, 1.807) is 11.8 Å². The van der Waals surface area contributed by atoms with Crippen molar-refractivity contribution in [3.05, 3.63) is 29.4 Å². The van der Waals surface area contributed by atoms with Gasteiger partial charge in [0.2, 0.25) is 0 Å². The molecule has 1 atom stereocenters. The number of nitrogens with zero attached hydrogens (tertiary/aromatic N) is 2. The van der Waals surface area contributed by atoms with E-state index in [2.05, 4.69) is 6.07 Å². The lowest BCUT2D eigenvalue weighted by atomic mass is 10.2. The van der Waals surface area contributed by atoms with E-state index in [9.17, 15) is 0 Å². The highest BCUT2D eigenvalue weighted by Gasteiger charge is 2.14. The Kier molecular flexibility index (Phi) is 5.85. The molecule has 0 saturated carbocycles. The molecule has 0 N–H and O–H groups in total. The molecule has 0 aliphatic carbocycles. The number of hydrogen-bond donors (Lipinski definition) is 0. The van der Waals surface area contributed by atoms with Gasteiger partial charge in [-0.3, -0.25) is 0 Å². The first-order chi connectivity index (χ1) is 11.3. The minimum absolute atomic E-state index is 0.0428. The maximum Gasteiger partial charge on any atom is 0.157 e. The second kappa shape index (κ2) is 8.07. The fraction of sp³-hybridized carbons (Fsp3) is 0.471. The molecule has 0 spiro atoms. The van der Waals surface area contributed by atoms with E-state index in [-0.39, 0.29) is 6.29 Å². The molecule has 0 radical (unpaired) electrons. The third-order valence-electron chi connectivity index (χ3n) is 3.83. The summed E-state index contributed by atoms with van der Waals surface area (Å²) in [6, 6.07) is 7.97. The van der Waals surface area contributed by atoms with Crippen LogP contribution in [0.25, 0.3) is 10.9 Å². The first-order valence-corrected chi connectivity index (χ1v) is 9.15. The first kappa shape index (κ1) is 16.7. The summed E-state index contributed by atoms with van der Waals surface area (Å²) in [6.45, 7) is 1.80. The Morgan fingerprint density at radius 1 is 1.43 bits per heavy atom. The van der Waals surface area contributed by atoms with Crippen molar-refractivity contribution in [1.29, 1.82) is 5.26 Å². The van der Waals surface area contributed by atoms with E-state index < -0.39 is 0 Å². The van der Waals surface area contributed by atoms with Gasteiger partial charge in [0.15, 0.2) is 6.29 Å². The molecule has 0 amide bonds. The quantitative estimate of drug-likeness (QED) is 0.570. The van der Waals surface area contributed by atoms with Crippen molar-refractivity contribution in [2.75, 3.05) is 19.0 Å². The van der Waals surface area contributed by atoms with Crippen LogP contribution in [0.2, 0.25) is 5.02 Å². The van der Waals surface area contributed by atoms with E-state index in [0.29, 0.717) is 18.2 Å². The van der Waals surface area contributed by atoms with Crippen LogP contribution in [-0.4, -0.2) is 29.8 Å². The second-order valence-electron chi connectivity index (χ2n) is 5.46. The van der Waals surface area contributed by atoms with Crippen LogP contribution in [-0.2, 0) is 16.0 Å². The highest BCUT2D eigenvalue weighted by atomic mass is 35.5. The van der Waals surface area contributed by atoms with Crippen molar-refractivity contribution in [2.45, 2.75) is 37.0 Å². The Morgan fingerprint density at radius 3 is 3.13 bits per heavy atom. The zero-order valence-corrected chi connectivity index (χ0v) is 14.4. The second-order valence-corrected chi connectivity index (χ2v) is 7.03. The van der Waals surface area contributed by atoms with Gasteiger partial charge in [-0.25, -0.2) is 0 Å². The van der Waals surface area contributed by atoms with E-state index in [0.717, 1.165) is 41.0 Å². The van der Waals surface area contributed by atoms with E-state index in [1.807, 2.05) is 29.0 Å². The summed E-state index contributed by atoms with van der Waals surface area (Å²) in [5, 5.41) is 10.8. The van der Waals surface area contributed by atoms with Gasteiger partial charge in [-0.15, -0.1) is 11.8 Å². The topological polar surface area (TPSA) is 47.2 Å². The summed E-state index contributed by atoms with van der Waals surface area (Å²) in [5.74, 6) is 0.845. The van der Waals surface area contributed by atoms with E-state index in [1.165, 1.54) is 6.42 Å². The predicted octanol–water partition coefficient (Wildman–Crippen LogP) is 4.45. The third-order valence-corrected chi connectivity index (χ3v) is 5.07. The normalized spacial score (nSPS) is 18.2. The zero-order chi connectivity index (χ0) is 16.1. The lowest BCUT2D eigenvalue weighted by molar-refractivity contribution is -0.158. The van der Waals surface area contributed by atoms with Gasteiger partial charge in [-0.1, -0.05) is 11.6 Å². The van der Waals surface area contributed by atoms with Crippen molar-refractivity contribution in [1.82, 2.24) is 4.57 Å². The van der Waals surface area contributed by atoms with Crippen molar-refractivity contribution < 1.29 is 9.47 Å². The number of aromatic nitrogens is 1. The van der Waals surface area contributed by atoms with Gasteiger partial charge >= 0.3 is 0 Å². The van der Waals surface area contributed by atoms with Crippen LogP contribution in [0.3, 0.4) is 0 Å². The van der Waals surface area contributed by atoms with Crippen LogP contribution < -0.4 is 0 Å². The van der Waals surface area contributed by atoms with Gasteiger partial charge < -0.3 is 14.0 Å². The average Bonchev–Trinajstić information content (AvgIpc) is 2.90. The fourth-order valence-electron chi connectivity index (χ4n) is 2.73. The fourth-order valence-corrected chi connectivity index (χ4v) is 3.82. The molecule has 4 nitrogen and oxygen atoms in total. The standard InChI is InChI=1S/C17H19ClN2O2S/c18-13-4-5-15-14(11-13)16(12-20(15)7-6-19)23-10-9-22-17-3-1-2-8-21-17/h4-5,11-12,17H,1-3,7-10H2. The summed E-state index contributed by atoms with van der Waals surface area (Å²) in [5.41, 5.74) is 1.04. The van der Waals surface area contributed by atoms with Crippen molar-refractivity contribution in [2.24, 2.45) is 0 Å². The predicted molar refractivity (Wildman–Crippen MR) is 92.8 cm³/mol. The molecule has 2 heterocycles. The van der Waals surface area contributed by atoms with Gasteiger partial charge in [0.25, 0.3) is 0 Å². The molecule has 1 aliphatic rings. The number of halogens is 1. The van der Waals surface area contributed by atoms with E-state index >= 15 is 0 Å². The Morgan fingerprint density at radius 2 is 2.35 bits per heavy atom. The summed E-state index contributed by atoms with van der Waals surface area (Å²) >= 11 is 7.84. The van der Waals surface area contributed by atoms with Gasteiger partial charge in [-0.05, 0) is 37.5 Å². The number of ether oxygens (including phenoxy) is 2. The Balaban J connectivity index is 1.62. The monoisotopic (exact) mass is 350 g/mol. The Bertz CT molecular complexity index is 704. The molecule has 1 saturated heterocycles. The minimum Gasteiger partial charge on any atom is -0.353 e. The Hall–Kier alpha value is -1.19. The molecule has 1 fully saturated rings. The highest BCUT2D eigenvalue weighted by molar-refractivity contribution is 7.99. The number of fused-ring (bicyclic) bond motifs is 1. The molecule has 3 rings (SSSR count). The molecule has 1 unspecified atom stereocenters. The van der Waals surface area contributed by atoms with Crippen LogP contribution in [0.1, 0.15) is 19.3 Å². The summed E-state index contributed by atoms with van der Waals surface area (Å²) in [7, 11) is 0. The molecular weight excluding hydrogens is 332 g/mol. The number of nitriles is 1. The molecule has 0 bridgehead atoms. The first-order valence-electron chi connectivity index (χ1n) is 7.79. The SMILES string of the molecule is N#CCn1cc(SCCOC2CCCCO2)c2cc(Cl)ccc21. The molecule has 6 heteroatoms. The summed E-state index contributed by atoms with van der Waals surface area (Å²) in [6.07, 6.45) is 5.28. The average molecular weight is 351 g/mol. The lowest BCUT2D eigenvalue weighted by Crippen LogP contribution is -2.23. The molecule has 23 heavy (non-hydrogen) atoms. The molecular formula is C17H19ClN2O2S. The van der Waals surface area contributed by atoms with Crippen molar-refractivity contribution in [3.8, 4) is 6.07 Å². The number of benzene rings is 1. The van der Waals surface area contributed by atoms with Crippen LogP contribution in [0, 0.1) is 11.3 Å². The molecule has 1 aliphatic heterocycles. The molecule has 2 aromatic rings. The number of thioether (sulfide) groups is 1. The molecule has 122 valence electrons. The maximum absolute atomic E-state index is 8.96. The van der Waals surface area contributed by atoms with Gasteiger partial charge in [0.1, 0.15) is 6.54 Å². The van der Waals surface area contributed by atoms with Crippen molar-refractivity contribution in [3.63, 3.8) is 0 Å². The summed E-state index contributed by atoms with van der Waals surface area (Å²) < 4.78 is 13.3. The molecule has 1 aromatic heterocycles. The smallest absolute Gasteiger partial charge is 0.157 e. The van der Waals surface area contributed by atoms with Gasteiger partial charge in [0.05, 0.1) is 18.2 Å². The zero-order valence-electron chi connectivity index (χ0n) is 12.8. The third kappa shape index (κ3) is 4.21. The maximum atomic E-state index is 8.96. The van der Waals surface area contributed by atoms with Crippen molar-refractivity contribution >= 4 is 34.3 Å². The van der Waals surface area contributed by atoms with Crippen LogP contribution in [0.4, 0.5) is 0 Å². The van der Waals surface area contributed by atoms with E-state index in [4.69, 9.17) is 26.3 Å². The Labute approximate surface area is 145 Å². The lowest BCUT2D eigenvalue weighted by Gasteiger charge is -2.22. The summed E-state index contributed by atoms with van der Waals surface area (Å²) in [4.78, 5) is 1.13. The number of rotatable bonds is 6. The van der Waals surface area contributed by atoms with Gasteiger partial charge in [0, 0.05) is 33.9 Å².